The van der Waals surface area contributed by atoms with Gasteiger partial charge in [-0.25, -0.2) is 34.6 Å². The molecule has 8 aromatic rings. The number of nitrogens with zero attached hydrogens (tertiary/aromatic N) is 13. The average Bonchev–Trinajstić information content (AvgIpc) is 4.21. The third-order valence-corrected chi connectivity index (χ3v) is 10.5. The van der Waals surface area contributed by atoms with Crippen molar-refractivity contribution in [3.8, 4) is 28.6 Å². The van der Waals surface area contributed by atoms with Crippen molar-refractivity contribution < 1.29 is 129 Å². The minimum Gasteiger partial charge on any atom is -1.00 e. The van der Waals surface area contributed by atoms with Crippen molar-refractivity contribution in [3.63, 3.8) is 0 Å². The van der Waals surface area contributed by atoms with Gasteiger partial charge in [0.25, 0.3) is 6.47 Å². The molecule has 2 aliphatic heterocycles. The third-order valence-electron chi connectivity index (χ3n) is 10.3. The molecule has 19 nitrogen and oxygen atoms in total. The second kappa shape index (κ2) is 29.6. The summed E-state index contributed by atoms with van der Waals surface area (Å²) in [6.45, 7) is 9.00. The van der Waals surface area contributed by atoms with Crippen LogP contribution in [-0.4, -0.2) is 78.1 Å². The van der Waals surface area contributed by atoms with E-state index in [9.17, 15) is 9.59 Å². The van der Waals surface area contributed by atoms with Gasteiger partial charge >= 0.3 is 103 Å². The van der Waals surface area contributed by atoms with E-state index in [-0.39, 0.29) is 137 Å². The van der Waals surface area contributed by atoms with Gasteiger partial charge in [-0.2, -0.15) is 10.2 Å². The number of nitrogens with one attached hydrogen (secondary N) is 1. The van der Waals surface area contributed by atoms with Crippen LogP contribution in [0.2, 0.25) is 5.15 Å². The summed E-state index contributed by atoms with van der Waals surface area (Å²) in [6.07, 6.45) is 17.4. The molecule has 0 spiro atoms. The molecule has 0 saturated heterocycles. The maximum atomic E-state index is 12.7. The van der Waals surface area contributed by atoms with Crippen molar-refractivity contribution in [2.75, 3.05) is 9.80 Å². The number of anilines is 2. The molecule has 0 radical (unpaired) electrons. The number of fused-ring (bicyclic) bond motifs is 2. The Bertz CT molecular complexity index is 2900. The Kier molecular flexibility index (Phi) is 25.2. The molecule has 0 fully saturated rings. The Hall–Kier alpha value is -4.89. The molecular weight excluding hydrogens is 978 g/mol. The summed E-state index contributed by atoms with van der Waals surface area (Å²) in [5.74, 6) is 3.81. The quantitative estimate of drug-likeness (QED) is 0.0881. The van der Waals surface area contributed by atoms with Crippen LogP contribution in [0.25, 0.3) is 28.6 Å². The van der Waals surface area contributed by atoms with Gasteiger partial charge in [0.2, 0.25) is 11.8 Å². The first-order valence-electron chi connectivity index (χ1n) is 21.0. The van der Waals surface area contributed by atoms with E-state index in [1.165, 1.54) is 17.3 Å². The summed E-state index contributed by atoms with van der Waals surface area (Å²) in [6, 6.07) is 19.9. The number of H-pyrrole nitrogens is 1. The fourth-order valence-electron chi connectivity index (χ4n) is 7.17. The SMILES string of the molecule is C.C.CC(C)c1ccccc1-c1ncc2c(n1)N(Cc1cnc(-n3cccn3)cn1)C(=O)C2.CC(C)c1ccccc1-c1ncc2c(n1)N(Cc1cnc(Cl)cn1)C(=O)C2.O=CO[O-].[H-].[K+].[K+].c1cn[nH]c1. The molecule has 0 bridgehead atoms. The normalized spacial score (nSPS) is 11.7. The molecule has 0 aliphatic carbocycles. The van der Waals surface area contributed by atoms with Crippen molar-refractivity contribution in [3.05, 3.63) is 161 Å². The molecule has 0 saturated carbocycles. The first-order chi connectivity index (χ1) is 32.5. The Morgan fingerprint density at radius 1 is 0.690 bits per heavy atom. The minimum absolute atomic E-state index is 0. The van der Waals surface area contributed by atoms with Crippen LogP contribution in [0.1, 0.15) is 89.5 Å². The van der Waals surface area contributed by atoms with Crippen molar-refractivity contribution in [2.45, 2.75) is 80.3 Å². The van der Waals surface area contributed by atoms with Gasteiger partial charge in [0.05, 0.1) is 62.1 Å². The van der Waals surface area contributed by atoms with Crippen molar-refractivity contribution >= 4 is 41.5 Å². The Labute approximate surface area is 504 Å². The van der Waals surface area contributed by atoms with E-state index in [1.54, 1.807) is 70.3 Å². The van der Waals surface area contributed by atoms with Gasteiger partial charge in [-0.3, -0.25) is 39.3 Å². The summed E-state index contributed by atoms with van der Waals surface area (Å²) >= 11 is 5.79. The molecule has 71 heavy (non-hydrogen) atoms. The fraction of sp³-hybridized carbons (Fsp3) is 0.245. The molecule has 22 heteroatoms. The fourth-order valence-corrected chi connectivity index (χ4v) is 7.27. The number of rotatable bonds is 10. The smallest absolute Gasteiger partial charge is 1.00 e. The summed E-state index contributed by atoms with van der Waals surface area (Å²) < 4.78 is 1.64. The zero-order valence-corrected chi connectivity index (χ0v) is 45.8. The number of hydrogen-bond acceptors (Lipinski definition) is 15. The van der Waals surface area contributed by atoms with Crippen LogP contribution in [0.15, 0.2) is 123 Å². The Morgan fingerprint density at radius 3 is 1.58 bits per heavy atom. The first-order valence-corrected chi connectivity index (χ1v) is 21.4. The van der Waals surface area contributed by atoms with Gasteiger partial charge in [-0.1, -0.05) is 103 Å². The number of amides is 2. The van der Waals surface area contributed by atoms with E-state index in [4.69, 9.17) is 31.6 Å². The topological polar surface area (TPSA) is 240 Å². The summed E-state index contributed by atoms with van der Waals surface area (Å²) in [5.41, 5.74) is 7.33. The summed E-state index contributed by atoms with van der Waals surface area (Å²) in [4.78, 5) is 75.5. The van der Waals surface area contributed by atoms with E-state index >= 15 is 0 Å². The third kappa shape index (κ3) is 15.8. The molecule has 0 unspecified atom stereocenters. The van der Waals surface area contributed by atoms with Crippen molar-refractivity contribution in [2.24, 2.45) is 0 Å². The Morgan fingerprint density at radius 2 is 1.20 bits per heavy atom. The van der Waals surface area contributed by atoms with Crippen LogP contribution in [0.4, 0.5) is 11.6 Å². The van der Waals surface area contributed by atoms with E-state index < -0.39 is 0 Å². The Balaban J connectivity index is 0.000000399. The molecule has 10 rings (SSSR count). The van der Waals surface area contributed by atoms with Crippen LogP contribution in [-0.2, 0) is 45.2 Å². The van der Waals surface area contributed by atoms with Gasteiger partial charge in [0.1, 0.15) is 16.8 Å². The zero-order valence-electron chi connectivity index (χ0n) is 39.8. The number of benzene rings is 2. The molecule has 2 amide bonds. The van der Waals surface area contributed by atoms with Crippen LogP contribution in [0.3, 0.4) is 0 Å². The number of hydrogen-bond donors (Lipinski definition) is 1. The van der Waals surface area contributed by atoms with Crippen molar-refractivity contribution in [1.29, 1.82) is 0 Å². The molecule has 358 valence electrons. The molecule has 6 aromatic heterocycles. The largest absolute Gasteiger partial charge is 1.00 e. The van der Waals surface area contributed by atoms with E-state index in [1.807, 2.05) is 48.5 Å². The minimum atomic E-state index is -0.181. The maximum Gasteiger partial charge on any atom is 1.00 e. The zero-order chi connectivity index (χ0) is 47.3. The number of carbonyl (C=O) groups excluding carboxylic acids is 3. The molecule has 2 aromatic carbocycles. The number of aromatic nitrogens is 12. The predicted molar refractivity (Wildman–Crippen MR) is 259 cm³/mol. The van der Waals surface area contributed by atoms with Crippen LogP contribution in [0, 0.1) is 0 Å². The predicted octanol–water partition coefficient (Wildman–Crippen LogP) is 1.37. The van der Waals surface area contributed by atoms with Crippen LogP contribution < -0.4 is 118 Å². The number of halogens is 1. The maximum absolute atomic E-state index is 12.7. The van der Waals surface area contributed by atoms with Gasteiger partial charge in [0.15, 0.2) is 17.5 Å². The van der Waals surface area contributed by atoms with Gasteiger partial charge < -0.3 is 11.6 Å². The summed E-state index contributed by atoms with van der Waals surface area (Å²) in [5, 5.41) is 19.1. The summed E-state index contributed by atoms with van der Waals surface area (Å²) in [7, 11) is 0. The molecule has 2 aliphatic rings. The molecule has 8 heterocycles. The average molecular weight is 1030 g/mol. The standard InChI is InChI=1S/C23H21N7O.C20H18ClN5O.C3H4N2.CH2O3.2CH4.2K.H/c1-15(2)18-6-3-4-7-19(18)22-26-11-16-10-21(31)29(23(16)28-22)14-17-12-25-20(13-24-17)30-9-5-8-27-30;1-12(2)15-5-3-4-6-16(15)19-24-8-13-7-18(27)26(20(13)25-19)11-14-9-23-17(21)10-22-14;1-2-4-5-3-1;2-1-4-3;;;;;/h3-9,11-13,15H,10,14H2,1-2H3;3-6,8-10,12H,7,11H2,1-2H3;1-3H,(H,4,5);1,3H;2*1H4;;;/q;;;;;;2*+1;-1/p-1. The van der Waals surface area contributed by atoms with Gasteiger partial charge in [-0.15, -0.1) is 0 Å². The van der Waals surface area contributed by atoms with Gasteiger partial charge in [0, 0.05) is 59.4 Å². The number of carbonyl (C=O) groups is 3. The first kappa shape index (κ1) is 60.4. The van der Waals surface area contributed by atoms with Crippen LogP contribution >= 0.6 is 11.6 Å². The molecular formula is C49H53ClK2N14O5. The van der Waals surface area contributed by atoms with E-state index in [2.05, 4.69) is 89.9 Å². The van der Waals surface area contributed by atoms with E-state index in [0.29, 0.717) is 83.4 Å². The second-order valence-corrected chi connectivity index (χ2v) is 15.9. The molecule has 1 N–H and O–H groups in total. The molecule has 0 atom stereocenters. The van der Waals surface area contributed by atoms with Crippen molar-refractivity contribution in [1.82, 2.24) is 59.8 Å². The van der Waals surface area contributed by atoms with E-state index in [0.717, 1.165) is 22.3 Å². The number of aromatic amines is 1. The monoisotopic (exact) mass is 1030 g/mol. The van der Waals surface area contributed by atoms with Gasteiger partial charge in [-0.05, 0) is 35.1 Å². The van der Waals surface area contributed by atoms with Crippen LogP contribution in [0.5, 0.6) is 0 Å². The second-order valence-electron chi connectivity index (χ2n) is 15.5.